The third-order valence-electron chi connectivity index (χ3n) is 7.55. The van der Waals surface area contributed by atoms with Crippen LogP contribution >= 0.6 is 11.3 Å². The van der Waals surface area contributed by atoms with Gasteiger partial charge >= 0.3 is 12.3 Å². The normalized spacial score (nSPS) is 17.7. The third kappa shape index (κ3) is 8.75. The molecule has 248 valence electrons. The number of nitrogens with zero attached hydrogens (tertiary/aromatic N) is 1. The van der Waals surface area contributed by atoms with Gasteiger partial charge < -0.3 is 30.0 Å². The molecule has 5 rings (SSSR count). The van der Waals surface area contributed by atoms with Crippen LogP contribution in [0.1, 0.15) is 23.3 Å². The number of hydrogen-bond acceptors (Lipinski definition) is 11. The van der Waals surface area contributed by atoms with E-state index in [4.69, 9.17) is 19.3 Å². The van der Waals surface area contributed by atoms with Crippen molar-refractivity contribution in [1.29, 1.82) is 0 Å². The Morgan fingerprint density at radius 3 is 2.63 bits per heavy atom. The predicted octanol–water partition coefficient (Wildman–Crippen LogP) is 4.66. The Morgan fingerprint density at radius 2 is 1.96 bits per heavy atom. The fourth-order valence-corrected chi connectivity index (χ4v) is 7.21. The first kappa shape index (κ1) is 33.6. The van der Waals surface area contributed by atoms with Crippen molar-refractivity contribution in [3.63, 3.8) is 0 Å². The first-order valence-corrected chi connectivity index (χ1v) is 17.3. The van der Waals surface area contributed by atoms with Crippen LogP contribution < -0.4 is 15.4 Å². The minimum absolute atomic E-state index is 0.0422. The van der Waals surface area contributed by atoms with Crippen LogP contribution in [-0.4, -0.2) is 95.2 Å². The number of anilines is 2. The highest BCUT2D eigenvalue weighted by molar-refractivity contribution is 7.90. The molecule has 3 N–H and O–H groups in total. The second-order valence-corrected chi connectivity index (χ2v) is 14.1. The zero-order valence-corrected chi connectivity index (χ0v) is 26.6. The molecule has 0 aliphatic carbocycles. The zero-order chi connectivity index (χ0) is 32.9. The molecule has 2 saturated heterocycles. The molecule has 1 atom stereocenters. The molecule has 3 aromatic rings. The van der Waals surface area contributed by atoms with Gasteiger partial charge in [-0.05, 0) is 42.0 Å². The summed E-state index contributed by atoms with van der Waals surface area (Å²) in [5.74, 6) is 6.02. The van der Waals surface area contributed by atoms with Gasteiger partial charge in [0.15, 0.2) is 15.9 Å². The number of cyclic esters (lactones) is 2. The largest absolute Gasteiger partial charge is 0.508 e. The number of carbonyl (C=O) groups excluding carboxylic acids is 1. The number of sulfone groups is 1. The van der Waals surface area contributed by atoms with E-state index in [1.54, 1.807) is 12.1 Å². The Labute approximate surface area is 268 Å². The molecule has 2 aliphatic rings. The maximum Gasteiger partial charge on any atom is 0.508 e. The number of carbonyl (C=O) groups is 1. The first-order valence-electron chi connectivity index (χ1n) is 14.6. The van der Waals surface area contributed by atoms with Crippen LogP contribution in [0, 0.1) is 11.8 Å². The summed E-state index contributed by atoms with van der Waals surface area (Å²) in [4.78, 5) is 13.8. The van der Waals surface area contributed by atoms with Gasteiger partial charge in [0.1, 0.15) is 19.0 Å². The van der Waals surface area contributed by atoms with Gasteiger partial charge in [0.05, 0.1) is 45.4 Å². The molecule has 0 bridgehead atoms. The molecule has 10 nitrogen and oxygen atoms in total. The quantitative estimate of drug-likeness (QED) is 0.195. The Hall–Kier alpha value is -3.71. The van der Waals surface area contributed by atoms with Gasteiger partial charge in [-0.3, -0.25) is 4.90 Å². The summed E-state index contributed by atoms with van der Waals surface area (Å²) in [6.45, 7) is 2.11. The third-order valence-corrected chi connectivity index (χ3v) is 9.86. The molecular formula is C31H34F3N3O7S2. The monoisotopic (exact) mass is 681 g/mol. The summed E-state index contributed by atoms with van der Waals surface area (Å²) >= 11 is 1.21. The minimum Gasteiger partial charge on any atom is -0.489 e. The van der Waals surface area contributed by atoms with E-state index < -0.39 is 28.6 Å². The van der Waals surface area contributed by atoms with E-state index in [1.165, 1.54) is 29.5 Å². The number of halogens is 3. The number of ether oxygens (including phenoxy) is 3. The van der Waals surface area contributed by atoms with Gasteiger partial charge in [-0.1, -0.05) is 24.0 Å². The van der Waals surface area contributed by atoms with Crippen molar-refractivity contribution in [3.05, 3.63) is 46.8 Å². The second kappa shape index (κ2) is 14.4. The summed E-state index contributed by atoms with van der Waals surface area (Å²) in [6, 6.07) is 9.67. The fraction of sp³-hybridized carbons (Fsp3) is 0.452. The SMILES string of the molecule is CS(=O)(=O)c1ccc(NCC#Cc2sc3c(NC4CCN(CC5COC(=O)O5)CC4)cccc3c2CC(F)(F)F)c(OCCO)c1. The predicted molar refractivity (Wildman–Crippen MR) is 168 cm³/mol. The first-order chi connectivity index (χ1) is 21.9. The molecular weight excluding hydrogens is 647 g/mol. The van der Waals surface area contributed by atoms with Gasteiger partial charge in [-0.2, -0.15) is 13.2 Å². The molecule has 1 aromatic heterocycles. The van der Waals surface area contributed by atoms with Gasteiger partial charge in [0.2, 0.25) is 0 Å². The van der Waals surface area contributed by atoms with E-state index in [9.17, 15) is 26.4 Å². The Morgan fingerprint density at radius 1 is 1.17 bits per heavy atom. The Bertz CT molecular complexity index is 1730. The van der Waals surface area contributed by atoms with Crippen molar-refractivity contribution in [2.75, 3.05) is 62.9 Å². The summed E-state index contributed by atoms with van der Waals surface area (Å²) in [5, 5.41) is 16.2. The molecule has 2 aliphatic heterocycles. The van der Waals surface area contributed by atoms with Crippen molar-refractivity contribution < 1.29 is 45.7 Å². The summed E-state index contributed by atoms with van der Waals surface area (Å²) in [6.07, 6.45) is -3.78. The lowest BCUT2D eigenvalue weighted by Gasteiger charge is -2.33. The number of alkyl halides is 3. The van der Waals surface area contributed by atoms with Crippen LogP contribution in [0.2, 0.25) is 0 Å². The van der Waals surface area contributed by atoms with Crippen molar-refractivity contribution in [3.8, 4) is 17.6 Å². The highest BCUT2D eigenvalue weighted by atomic mass is 32.2. The zero-order valence-electron chi connectivity index (χ0n) is 25.0. The van der Waals surface area contributed by atoms with E-state index in [-0.39, 0.29) is 54.7 Å². The van der Waals surface area contributed by atoms with Crippen LogP contribution in [-0.2, 0) is 25.7 Å². The standard InChI is InChI=1S/C31H34F3N3O7S2/c1-46(40,41)22-7-8-25(27(16-22)42-15-14-38)35-11-3-6-28-24(17-31(32,33)34)23-4-2-5-26(29(23)45-28)36-20-9-12-37(13-10-20)18-21-19-43-30(39)44-21/h2,4-5,7-8,16,20-21,35-36,38H,9-15,17-19H2,1H3. The van der Waals surface area contributed by atoms with Gasteiger partial charge in [0, 0.05) is 38.0 Å². The summed E-state index contributed by atoms with van der Waals surface area (Å²) in [5.41, 5.74) is 1.30. The lowest BCUT2D eigenvalue weighted by Crippen LogP contribution is -2.43. The number of rotatable bonds is 11. The maximum absolute atomic E-state index is 13.7. The molecule has 0 saturated carbocycles. The van der Waals surface area contributed by atoms with Crippen molar-refractivity contribution in [2.45, 2.75) is 42.5 Å². The molecule has 2 fully saturated rings. The average molecular weight is 682 g/mol. The van der Waals surface area contributed by atoms with Gasteiger partial charge in [-0.25, -0.2) is 13.2 Å². The lowest BCUT2D eigenvalue weighted by molar-refractivity contribution is -0.126. The van der Waals surface area contributed by atoms with Crippen LogP contribution in [0.5, 0.6) is 5.75 Å². The molecule has 1 unspecified atom stereocenters. The molecule has 15 heteroatoms. The molecule has 3 heterocycles. The highest BCUT2D eigenvalue weighted by Crippen LogP contribution is 2.39. The molecule has 2 aromatic carbocycles. The average Bonchev–Trinajstić information content (AvgIpc) is 3.57. The lowest BCUT2D eigenvalue weighted by atomic mass is 10.0. The fourth-order valence-electron chi connectivity index (χ4n) is 5.40. The van der Waals surface area contributed by atoms with Crippen molar-refractivity contribution in [2.24, 2.45) is 0 Å². The van der Waals surface area contributed by atoms with Crippen LogP contribution in [0.4, 0.5) is 29.3 Å². The smallest absolute Gasteiger partial charge is 0.489 e. The number of fused-ring (bicyclic) bond motifs is 1. The Kier molecular flexibility index (Phi) is 10.5. The number of aliphatic hydroxyl groups is 1. The Balaban J connectivity index is 1.31. The van der Waals surface area contributed by atoms with E-state index in [1.807, 2.05) is 6.07 Å². The van der Waals surface area contributed by atoms with Crippen molar-refractivity contribution >= 4 is 48.8 Å². The number of hydrogen-bond donors (Lipinski definition) is 3. The molecule has 0 amide bonds. The number of thiophene rings is 1. The highest BCUT2D eigenvalue weighted by Gasteiger charge is 2.32. The van der Waals surface area contributed by atoms with Crippen molar-refractivity contribution in [1.82, 2.24) is 4.90 Å². The maximum atomic E-state index is 13.7. The summed E-state index contributed by atoms with van der Waals surface area (Å²) < 4.78 is 81.2. The number of benzene rings is 2. The summed E-state index contributed by atoms with van der Waals surface area (Å²) in [7, 11) is -3.50. The van der Waals surface area contributed by atoms with E-state index >= 15 is 0 Å². The molecule has 46 heavy (non-hydrogen) atoms. The number of aliphatic hydroxyl groups excluding tert-OH is 1. The van der Waals surface area contributed by atoms with E-state index in [0.29, 0.717) is 27.2 Å². The molecule has 0 spiro atoms. The number of nitrogens with one attached hydrogen (secondary N) is 2. The minimum atomic E-state index is -4.43. The molecule has 0 radical (unpaired) electrons. The van der Waals surface area contributed by atoms with Crippen LogP contribution in [0.25, 0.3) is 10.1 Å². The van der Waals surface area contributed by atoms with Gasteiger partial charge in [-0.15, -0.1) is 11.3 Å². The topological polar surface area (TPSA) is 126 Å². The number of likely N-dealkylation sites (tertiary alicyclic amines) is 1. The van der Waals surface area contributed by atoms with Gasteiger partial charge in [0.25, 0.3) is 0 Å². The second-order valence-electron chi connectivity index (χ2n) is 11.1. The number of piperidine rings is 1. The van der Waals surface area contributed by atoms with Crippen LogP contribution in [0.15, 0.2) is 41.3 Å². The van der Waals surface area contributed by atoms with E-state index in [2.05, 4.69) is 27.4 Å². The van der Waals surface area contributed by atoms with E-state index in [0.717, 1.165) is 37.9 Å². The van der Waals surface area contributed by atoms with Crippen LogP contribution in [0.3, 0.4) is 0 Å².